The van der Waals surface area contributed by atoms with Gasteiger partial charge in [0.05, 0.1) is 11.0 Å². The van der Waals surface area contributed by atoms with Crippen molar-refractivity contribution >= 4 is 54.5 Å². The minimum Gasteiger partial charge on any atom is -0.456 e. The quantitative estimate of drug-likeness (QED) is 0.252. The molecule has 0 N–H and O–H groups in total. The number of fused-ring (bicyclic) bond motifs is 7. The van der Waals surface area contributed by atoms with E-state index in [-0.39, 0.29) is 0 Å². The van der Waals surface area contributed by atoms with Crippen molar-refractivity contribution in [1.82, 2.24) is 4.57 Å². The van der Waals surface area contributed by atoms with Gasteiger partial charge in [-0.3, -0.25) is 0 Å². The maximum absolute atomic E-state index is 6.05. The Hall–Kier alpha value is -4.82. The van der Waals surface area contributed by atoms with Crippen LogP contribution in [0.1, 0.15) is 0 Å². The molecule has 0 saturated carbocycles. The molecule has 2 aromatic heterocycles. The third-order valence-electron chi connectivity index (χ3n) is 7.37. The van der Waals surface area contributed by atoms with Gasteiger partial charge in [0.1, 0.15) is 11.2 Å². The van der Waals surface area contributed by atoms with Crippen molar-refractivity contribution in [3.8, 4) is 16.8 Å². The van der Waals surface area contributed by atoms with Crippen molar-refractivity contribution in [2.24, 2.45) is 0 Å². The van der Waals surface area contributed by atoms with Crippen molar-refractivity contribution in [1.29, 1.82) is 0 Å². The smallest absolute Gasteiger partial charge is 0.135 e. The highest BCUT2D eigenvalue weighted by atomic mass is 16.3. The van der Waals surface area contributed by atoms with Crippen molar-refractivity contribution in [3.63, 3.8) is 0 Å². The maximum Gasteiger partial charge on any atom is 0.135 e. The predicted octanol–water partition coefficient (Wildman–Crippen LogP) is 9.50. The van der Waals surface area contributed by atoms with Gasteiger partial charge in [-0.1, -0.05) is 78.9 Å². The highest BCUT2D eigenvalue weighted by Crippen LogP contribution is 2.37. The minimum atomic E-state index is 0.925. The first-order chi connectivity index (χ1) is 17.8. The van der Waals surface area contributed by atoms with Crippen LogP contribution in [-0.2, 0) is 0 Å². The zero-order chi connectivity index (χ0) is 23.6. The summed E-state index contributed by atoms with van der Waals surface area (Å²) in [6.07, 6.45) is 0. The Labute approximate surface area is 207 Å². The fourth-order valence-corrected chi connectivity index (χ4v) is 5.65. The van der Waals surface area contributed by atoms with Crippen molar-refractivity contribution in [2.45, 2.75) is 0 Å². The molecular formula is C34H21NO. The molecule has 0 fully saturated rings. The van der Waals surface area contributed by atoms with E-state index in [1.54, 1.807) is 0 Å². The summed E-state index contributed by atoms with van der Waals surface area (Å²) in [6, 6.07) is 45.5. The molecule has 168 valence electrons. The first kappa shape index (κ1) is 19.5. The molecule has 0 aliphatic carbocycles. The molecule has 0 atom stereocenters. The van der Waals surface area contributed by atoms with E-state index in [4.69, 9.17) is 4.42 Å². The Morgan fingerprint density at radius 3 is 2.00 bits per heavy atom. The molecule has 0 spiro atoms. The number of rotatable bonds is 2. The largest absolute Gasteiger partial charge is 0.456 e. The molecule has 0 radical (unpaired) electrons. The SMILES string of the molecule is c1ccc2cc(-n3c4ccccc4c4cc(-c5ccc6oc7ccccc7c6c5)ccc43)ccc2c1. The summed E-state index contributed by atoms with van der Waals surface area (Å²) in [5.41, 5.74) is 7.86. The molecule has 36 heavy (non-hydrogen) atoms. The van der Waals surface area contributed by atoms with E-state index in [0.717, 1.165) is 21.9 Å². The van der Waals surface area contributed by atoms with Gasteiger partial charge in [-0.2, -0.15) is 0 Å². The molecule has 8 rings (SSSR count). The number of nitrogens with zero attached hydrogens (tertiary/aromatic N) is 1. The van der Waals surface area contributed by atoms with E-state index in [0.29, 0.717) is 0 Å². The lowest BCUT2D eigenvalue weighted by Gasteiger charge is -2.10. The lowest BCUT2D eigenvalue weighted by atomic mass is 10.0. The molecule has 0 saturated heterocycles. The van der Waals surface area contributed by atoms with Crippen LogP contribution in [0.5, 0.6) is 0 Å². The molecule has 0 amide bonds. The number of aromatic nitrogens is 1. The van der Waals surface area contributed by atoms with Gasteiger partial charge in [-0.25, -0.2) is 0 Å². The van der Waals surface area contributed by atoms with Crippen LogP contribution in [0.25, 0.3) is 71.3 Å². The number of furan rings is 1. The first-order valence-electron chi connectivity index (χ1n) is 12.3. The van der Waals surface area contributed by atoms with Crippen LogP contribution < -0.4 is 0 Å². The van der Waals surface area contributed by atoms with Gasteiger partial charge >= 0.3 is 0 Å². The second-order valence-corrected chi connectivity index (χ2v) is 9.43. The second-order valence-electron chi connectivity index (χ2n) is 9.43. The average Bonchev–Trinajstić information content (AvgIpc) is 3.48. The van der Waals surface area contributed by atoms with E-state index in [1.165, 1.54) is 49.4 Å². The monoisotopic (exact) mass is 459 g/mol. The molecule has 0 bridgehead atoms. The lowest BCUT2D eigenvalue weighted by molar-refractivity contribution is 0.669. The van der Waals surface area contributed by atoms with E-state index >= 15 is 0 Å². The minimum absolute atomic E-state index is 0.925. The summed E-state index contributed by atoms with van der Waals surface area (Å²) in [4.78, 5) is 0. The summed E-state index contributed by atoms with van der Waals surface area (Å²) < 4.78 is 8.43. The Morgan fingerprint density at radius 1 is 0.417 bits per heavy atom. The number of hydrogen-bond acceptors (Lipinski definition) is 1. The fraction of sp³-hybridized carbons (Fsp3) is 0. The Kier molecular flexibility index (Phi) is 3.97. The van der Waals surface area contributed by atoms with Crippen molar-refractivity contribution in [2.75, 3.05) is 0 Å². The maximum atomic E-state index is 6.05. The molecule has 0 unspecified atom stereocenters. The number of benzene rings is 6. The van der Waals surface area contributed by atoms with Crippen molar-refractivity contribution < 1.29 is 4.42 Å². The Balaban J connectivity index is 1.36. The topological polar surface area (TPSA) is 18.1 Å². The fourth-order valence-electron chi connectivity index (χ4n) is 5.65. The molecule has 0 aliphatic heterocycles. The number of hydrogen-bond donors (Lipinski definition) is 0. The standard InChI is InChI=1S/C34H21NO/c1-2-8-23-19-26(16-13-22(23)7-1)35-31-11-5-3-9-27(31)29-20-24(14-17-32(29)35)25-15-18-34-30(21-25)28-10-4-6-12-33(28)36-34/h1-21H. The highest BCUT2D eigenvalue weighted by molar-refractivity contribution is 6.11. The molecule has 0 aliphatic rings. The second kappa shape index (κ2) is 7.34. The zero-order valence-electron chi connectivity index (χ0n) is 19.5. The van der Waals surface area contributed by atoms with Crippen LogP contribution in [-0.4, -0.2) is 4.57 Å². The Morgan fingerprint density at radius 2 is 1.08 bits per heavy atom. The van der Waals surface area contributed by atoms with E-state index in [9.17, 15) is 0 Å². The van der Waals surface area contributed by atoms with Gasteiger partial charge in [0.25, 0.3) is 0 Å². The van der Waals surface area contributed by atoms with E-state index < -0.39 is 0 Å². The predicted molar refractivity (Wildman–Crippen MR) is 151 cm³/mol. The van der Waals surface area contributed by atoms with Gasteiger partial charge in [0.15, 0.2) is 0 Å². The molecule has 2 nitrogen and oxygen atoms in total. The molecule has 2 heterocycles. The first-order valence-corrected chi connectivity index (χ1v) is 12.3. The van der Waals surface area contributed by atoms with Gasteiger partial charge in [-0.15, -0.1) is 0 Å². The van der Waals surface area contributed by atoms with Gasteiger partial charge in [-0.05, 0) is 70.4 Å². The summed E-state index contributed by atoms with van der Waals surface area (Å²) >= 11 is 0. The van der Waals surface area contributed by atoms with Crippen LogP contribution in [0.2, 0.25) is 0 Å². The summed E-state index contributed by atoms with van der Waals surface area (Å²) in [5.74, 6) is 0. The zero-order valence-corrected chi connectivity index (χ0v) is 19.5. The van der Waals surface area contributed by atoms with E-state index in [1.807, 2.05) is 12.1 Å². The molecule has 2 heteroatoms. The average molecular weight is 460 g/mol. The van der Waals surface area contributed by atoms with Crippen LogP contribution >= 0.6 is 0 Å². The van der Waals surface area contributed by atoms with Gasteiger partial charge < -0.3 is 8.98 Å². The summed E-state index contributed by atoms with van der Waals surface area (Å²) in [7, 11) is 0. The van der Waals surface area contributed by atoms with Crippen LogP contribution in [0.15, 0.2) is 132 Å². The van der Waals surface area contributed by atoms with Crippen LogP contribution in [0.3, 0.4) is 0 Å². The highest BCUT2D eigenvalue weighted by Gasteiger charge is 2.14. The van der Waals surface area contributed by atoms with Gasteiger partial charge in [0, 0.05) is 27.2 Å². The molecule has 6 aromatic carbocycles. The van der Waals surface area contributed by atoms with Gasteiger partial charge in [0.2, 0.25) is 0 Å². The summed E-state index contributed by atoms with van der Waals surface area (Å²) in [6.45, 7) is 0. The molecule has 8 aromatic rings. The number of para-hydroxylation sites is 2. The third kappa shape index (κ3) is 2.79. The van der Waals surface area contributed by atoms with E-state index in [2.05, 4.69) is 120 Å². The Bertz CT molecular complexity index is 2110. The lowest BCUT2D eigenvalue weighted by Crippen LogP contribution is -1.93. The van der Waals surface area contributed by atoms with Crippen LogP contribution in [0, 0.1) is 0 Å². The summed E-state index contributed by atoms with van der Waals surface area (Å²) in [5, 5.41) is 7.33. The van der Waals surface area contributed by atoms with Crippen LogP contribution in [0.4, 0.5) is 0 Å². The normalized spacial score (nSPS) is 11.9. The molecular weight excluding hydrogens is 438 g/mol. The van der Waals surface area contributed by atoms with Crippen molar-refractivity contribution in [3.05, 3.63) is 127 Å². The third-order valence-corrected chi connectivity index (χ3v) is 7.37.